The second-order valence-corrected chi connectivity index (χ2v) is 9.97. The standard InChI is InChI=1S/C33H44O6/c1-4-7-10-15-25-18-19-28-29(22-25)33(39-24-31(35)37-21-14-9-6-3)27-17-12-11-16-26(27)32(28)38-23-30(34)36-20-13-8-5-2/h11-12,16-19,22H,4-10,13-15,20-21,23-24H2,1-3H3. The second-order valence-electron chi connectivity index (χ2n) is 9.97. The molecule has 6 heteroatoms. The van der Waals surface area contributed by atoms with Crippen molar-refractivity contribution in [2.24, 2.45) is 0 Å². The van der Waals surface area contributed by atoms with E-state index in [2.05, 4.69) is 32.9 Å². The number of hydrogen-bond acceptors (Lipinski definition) is 6. The predicted molar refractivity (Wildman–Crippen MR) is 157 cm³/mol. The molecule has 0 aliphatic heterocycles. The molecule has 0 aliphatic carbocycles. The highest BCUT2D eigenvalue weighted by Crippen LogP contribution is 2.43. The second kappa shape index (κ2) is 16.6. The van der Waals surface area contributed by atoms with E-state index in [4.69, 9.17) is 18.9 Å². The van der Waals surface area contributed by atoms with Gasteiger partial charge in [-0.1, -0.05) is 95.7 Å². The topological polar surface area (TPSA) is 71.1 Å². The van der Waals surface area contributed by atoms with Gasteiger partial charge in [0.05, 0.1) is 13.2 Å². The maximum Gasteiger partial charge on any atom is 0.344 e. The summed E-state index contributed by atoms with van der Waals surface area (Å²) >= 11 is 0. The molecule has 3 rings (SSSR count). The molecular weight excluding hydrogens is 492 g/mol. The molecule has 0 aromatic heterocycles. The van der Waals surface area contributed by atoms with E-state index in [1.807, 2.05) is 30.3 Å². The van der Waals surface area contributed by atoms with Crippen LogP contribution in [0.1, 0.15) is 84.1 Å². The molecule has 6 nitrogen and oxygen atoms in total. The van der Waals surface area contributed by atoms with Crippen LogP contribution in [0.5, 0.6) is 11.5 Å². The molecule has 0 saturated heterocycles. The SMILES string of the molecule is CCCCCOC(=O)COc1c2ccccc2c(OCC(=O)OCCCCC)c2cc(CCCCC)ccc12. The number of aryl methyl sites for hydroxylation is 1. The first-order valence-electron chi connectivity index (χ1n) is 14.6. The van der Waals surface area contributed by atoms with Gasteiger partial charge in [0.1, 0.15) is 11.5 Å². The Hall–Kier alpha value is -3.28. The van der Waals surface area contributed by atoms with Crippen LogP contribution >= 0.6 is 0 Å². The van der Waals surface area contributed by atoms with Crippen LogP contribution < -0.4 is 9.47 Å². The zero-order valence-electron chi connectivity index (χ0n) is 23.9. The van der Waals surface area contributed by atoms with E-state index in [0.717, 1.165) is 85.8 Å². The number of ether oxygens (including phenoxy) is 4. The van der Waals surface area contributed by atoms with Crippen molar-refractivity contribution in [2.45, 2.75) is 85.0 Å². The van der Waals surface area contributed by atoms with Crippen molar-refractivity contribution in [1.29, 1.82) is 0 Å². The molecule has 0 aliphatic rings. The Morgan fingerprint density at radius 3 is 1.62 bits per heavy atom. The smallest absolute Gasteiger partial charge is 0.344 e. The van der Waals surface area contributed by atoms with E-state index in [1.54, 1.807) is 0 Å². The number of carbonyl (C=O) groups is 2. The van der Waals surface area contributed by atoms with E-state index >= 15 is 0 Å². The first kappa shape index (κ1) is 30.3. The molecule has 0 heterocycles. The summed E-state index contributed by atoms with van der Waals surface area (Å²) in [6.45, 7) is 6.88. The molecule has 3 aromatic rings. The molecule has 0 atom stereocenters. The molecule has 0 bridgehead atoms. The van der Waals surface area contributed by atoms with Crippen molar-refractivity contribution in [3.63, 3.8) is 0 Å². The summed E-state index contributed by atoms with van der Waals surface area (Å²) in [7, 11) is 0. The maximum atomic E-state index is 12.4. The van der Waals surface area contributed by atoms with Gasteiger partial charge in [-0.05, 0) is 37.3 Å². The highest BCUT2D eigenvalue weighted by atomic mass is 16.6. The Morgan fingerprint density at radius 1 is 0.590 bits per heavy atom. The summed E-state index contributed by atoms with van der Waals surface area (Å²) in [6.07, 6.45) is 10.3. The van der Waals surface area contributed by atoms with Gasteiger partial charge in [-0.25, -0.2) is 9.59 Å². The number of esters is 2. The highest BCUT2D eigenvalue weighted by Gasteiger charge is 2.19. The summed E-state index contributed by atoms with van der Waals surface area (Å²) < 4.78 is 23.0. The zero-order chi connectivity index (χ0) is 27.9. The average Bonchev–Trinajstić information content (AvgIpc) is 2.95. The monoisotopic (exact) mass is 536 g/mol. The molecule has 212 valence electrons. The lowest BCUT2D eigenvalue weighted by Gasteiger charge is -2.18. The Balaban J connectivity index is 1.92. The molecule has 0 amide bonds. The third kappa shape index (κ3) is 9.15. The number of fused-ring (bicyclic) bond motifs is 2. The quantitative estimate of drug-likeness (QED) is 0.0933. The molecule has 0 unspecified atom stereocenters. The predicted octanol–water partition coefficient (Wildman–Crippen LogP) is 7.95. The Labute approximate surface area is 233 Å². The number of benzene rings is 3. The lowest BCUT2D eigenvalue weighted by molar-refractivity contribution is -0.147. The number of carbonyl (C=O) groups excluding carboxylic acids is 2. The van der Waals surface area contributed by atoms with Crippen LogP contribution in [-0.2, 0) is 25.5 Å². The van der Waals surface area contributed by atoms with Gasteiger partial charge < -0.3 is 18.9 Å². The van der Waals surface area contributed by atoms with E-state index in [0.29, 0.717) is 24.7 Å². The minimum Gasteiger partial charge on any atom is -0.481 e. The largest absolute Gasteiger partial charge is 0.481 e. The van der Waals surface area contributed by atoms with E-state index < -0.39 is 0 Å². The van der Waals surface area contributed by atoms with Crippen molar-refractivity contribution >= 4 is 33.5 Å². The van der Waals surface area contributed by atoms with E-state index in [-0.39, 0.29) is 25.2 Å². The highest BCUT2D eigenvalue weighted by molar-refractivity contribution is 6.11. The van der Waals surface area contributed by atoms with Crippen molar-refractivity contribution in [3.05, 3.63) is 48.0 Å². The lowest BCUT2D eigenvalue weighted by Crippen LogP contribution is -2.17. The molecule has 0 spiro atoms. The summed E-state index contributed by atoms with van der Waals surface area (Å²) in [5.41, 5.74) is 1.19. The van der Waals surface area contributed by atoms with Crippen LogP contribution in [0.25, 0.3) is 21.5 Å². The van der Waals surface area contributed by atoms with Gasteiger partial charge in [0, 0.05) is 21.5 Å². The third-order valence-corrected chi connectivity index (χ3v) is 6.75. The fraction of sp³-hybridized carbons (Fsp3) is 0.515. The molecule has 0 saturated carbocycles. The fourth-order valence-electron chi connectivity index (χ4n) is 4.61. The molecule has 0 radical (unpaired) electrons. The van der Waals surface area contributed by atoms with Gasteiger partial charge >= 0.3 is 11.9 Å². The van der Waals surface area contributed by atoms with Gasteiger partial charge in [0.25, 0.3) is 0 Å². The van der Waals surface area contributed by atoms with Gasteiger partial charge in [-0.2, -0.15) is 0 Å². The van der Waals surface area contributed by atoms with Crippen LogP contribution in [0.3, 0.4) is 0 Å². The van der Waals surface area contributed by atoms with Crippen molar-refractivity contribution in [1.82, 2.24) is 0 Å². The summed E-state index contributed by atoms with van der Waals surface area (Å²) in [4.78, 5) is 24.8. The first-order chi connectivity index (χ1) is 19.1. The van der Waals surface area contributed by atoms with Crippen LogP contribution in [0.2, 0.25) is 0 Å². The molecule has 0 fully saturated rings. The van der Waals surface area contributed by atoms with Crippen LogP contribution in [-0.4, -0.2) is 38.4 Å². The Kier molecular flexibility index (Phi) is 12.9. The molecular formula is C33H44O6. The van der Waals surface area contributed by atoms with Crippen LogP contribution in [0.15, 0.2) is 42.5 Å². The van der Waals surface area contributed by atoms with Crippen LogP contribution in [0, 0.1) is 0 Å². The Morgan fingerprint density at radius 2 is 1.08 bits per heavy atom. The lowest BCUT2D eigenvalue weighted by atomic mass is 9.97. The van der Waals surface area contributed by atoms with E-state index in [1.165, 1.54) is 5.56 Å². The number of rotatable bonds is 18. The first-order valence-corrected chi connectivity index (χ1v) is 14.6. The summed E-state index contributed by atoms with van der Waals surface area (Å²) in [6, 6.07) is 14.0. The molecule has 0 N–H and O–H groups in total. The maximum absolute atomic E-state index is 12.4. The summed E-state index contributed by atoms with van der Waals surface area (Å²) in [5.74, 6) is 0.470. The van der Waals surface area contributed by atoms with Crippen molar-refractivity contribution < 1.29 is 28.5 Å². The fourth-order valence-corrected chi connectivity index (χ4v) is 4.61. The van der Waals surface area contributed by atoms with Crippen molar-refractivity contribution in [3.8, 4) is 11.5 Å². The minimum atomic E-state index is -0.384. The number of unbranched alkanes of at least 4 members (excludes halogenated alkanes) is 6. The third-order valence-electron chi connectivity index (χ3n) is 6.75. The van der Waals surface area contributed by atoms with Gasteiger partial charge in [-0.3, -0.25) is 0 Å². The minimum absolute atomic E-state index is 0.171. The molecule has 39 heavy (non-hydrogen) atoms. The van der Waals surface area contributed by atoms with Crippen molar-refractivity contribution in [2.75, 3.05) is 26.4 Å². The van der Waals surface area contributed by atoms with Gasteiger partial charge in [0.15, 0.2) is 13.2 Å². The van der Waals surface area contributed by atoms with Gasteiger partial charge in [0.2, 0.25) is 0 Å². The normalized spacial score (nSPS) is 11.1. The zero-order valence-corrected chi connectivity index (χ0v) is 23.9. The average molecular weight is 537 g/mol. The van der Waals surface area contributed by atoms with Crippen LogP contribution in [0.4, 0.5) is 0 Å². The Bertz CT molecular complexity index is 1200. The summed E-state index contributed by atoms with van der Waals surface area (Å²) in [5, 5.41) is 3.32. The number of hydrogen-bond donors (Lipinski definition) is 0. The van der Waals surface area contributed by atoms with Gasteiger partial charge in [-0.15, -0.1) is 0 Å². The molecule has 3 aromatic carbocycles. The van der Waals surface area contributed by atoms with E-state index in [9.17, 15) is 9.59 Å².